The molecule has 33 heavy (non-hydrogen) atoms. The summed E-state index contributed by atoms with van der Waals surface area (Å²) in [7, 11) is 0. The van der Waals surface area contributed by atoms with Crippen molar-refractivity contribution in [1.82, 2.24) is 10.2 Å². The lowest BCUT2D eigenvalue weighted by Gasteiger charge is -2.21. The van der Waals surface area contributed by atoms with Crippen molar-refractivity contribution in [3.8, 4) is 17.6 Å². The lowest BCUT2D eigenvalue weighted by atomic mass is 9.96. The van der Waals surface area contributed by atoms with Crippen LogP contribution in [-0.4, -0.2) is 21.3 Å². The third-order valence-electron chi connectivity index (χ3n) is 5.66. The second kappa shape index (κ2) is 10.1. The van der Waals surface area contributed by atoms with E-state index in [1.165, 1.54) is 5.56 Å². The Hall–Kier alpha value is -4.04. The van der Waals surface area contributed by atoms with Gasteiger partial charge in [0.05, 0.1) is 24.1 Å². The Balaban J connectivity index is 1.63. The zero-order chi connectivity index (χ0) is 23.2. The second-order valence-electron chi connectivity index (χ2n) is 8.08. The van der Waals surface area contributed by atoms with Gasteiger partial charge in [0.25, 0.3) is 0 Å². The maximum absolute atomic E-state index is 11.2. The van der Waals surface area contributed by atoms with Crippen molar-refractivity contribution >= 4 is 16.9 Å². The maximum Gasteiger partial charge on any atom is 0.304 e. The van der Waals surface area contributed by atoms with Gasteiger partial charge in [-0.25, -0.2) is 0 Å². The highest BCUT2D eigenvalue weighted by Crippen LogP contribution is 2.30. The third-order valence-corrected chi connectivity index (χ3v) is 5.66. The fourth-order valence-electron chi connectivity index (χ4n) is 4.05. The first-order chi connectivity index (χ1) is 16.0. The fourth-order valence-corrected chi connectivity index (χ4v) is 4.05. The van der Waals surface area contributed by atoms with E-state index in [4.69, 9.17) is 4.74 Å². The van der Waals surface area contributed by atoms with Crippen LogP contribution in [0.4, 0.5) is 0 Å². The summed E-state index contributed by atoms with van der Waals surface area (Å²) in [6.45, 7) is 3.79. The topological polar surface area (TPSA) is 75.2 Å². The molecular weight excluding hydrogens is 412 g/mol. The number of aryl methyl sites for hydroxylation is 1. The highest BCUT2D eigenvalue weighted by Gasteiger charge is 2.18. The van der Waals surface area contributed by atoms with E-state index in [2.05, 4.69) is 53.2 Å². The van der Waals surface area contributed by atoms with E-state index >= 15 is 0 Å². The number of fused-ring (bicyclic) bond motifs is 1. The van der Waals surface area contributed by atoms with Gasteiger partial charge in [0.15, 0.2) is 0 Å². The summed E-state index contributed by atoms with van der Waals surface area (Å²) in [5.41, 5.74) is 5.28. The summed E-state index contributed by atoms with van der Waals surface area (Å²) >= 11 is 0. The molecule has 2 N–H and O–H groups in total. The molecule has 4 aromatic rings. The van der Waals surface area contributed by atoms with E-state index < -0.39 is 5.97 Å². The number of nitrogens with zero attached hydrogens (tertiary/aromatic N) is 1. The molecule has 4 rings (SSSR count). The van der Waals surface area contributed by atoms with E-state index in [9.17, 15) is 9.90 Å². The Kier molecular flexibility index (Phi) is 6.75. The van der Waals surface area contributed by atoms with Crippen LogP contribution < -0.4 is 4.74 Å². The molecule has 0 bridgehead atoms. The molecule has 0 radical (unpaired) electrons. The van der Waals surface area contributed by atoms with Crippen LogP contribution in [0.3, 0.4) is 0 Å². The molecule has 2 atom stereocenters. The number of carboxylic acids is 1. The molecule has 5 heteroatoms. The van der Waals surface area contributed by atoms with Crippen LogP contribution in [0.2, 0.25) is 0 Å². The summed E-state index contributed by atoms with van der Waals surface area (Å²) in [5.74, 6) is 5.34. The predicted molar refractivity (Wildman–Crippen MR) is 129 cm³/mol. The van der Waals surface area contributed by atoms with Crippen molar-refractivity contribution in [3.63, 3.8) is 0 Å². The lowest BCUT2D eigenvalue weighted by Crippen LogP contribution is -2.11. The summed E-state index contributed by atoms with van der Waals surface area (Å²) < 4.78 is 6.48. The molecule has 0 fully saturated rings. The minimum Gasteiger partial charge on any atom is -0.485 e. The highest BCUT2D eigenvalue weighted by atomic mass is 16.5. The molecule has 0 saturated heterocycles. The van der Waals surface area contributed by atoms with E-state index in [0.29, 0.717) is 6.42 Å². The summed E-state index contributed by atoms with van der Waals surface area (Å²) in [6.07, 6.45) is 2.33. The van der Waals surface area contributed by atoms with Crippen molar-refractivity contribution < 1.29 is 14.6 Å². The molecular formula is C28H26N2O3. The Bertz CT molecular complexity index is 1300. The van der Waals surface area contributed by atoms with Crippen molar-refractivity contribution in [1.29, 1.82) is 0 Å². The normalized spacial score (nSPS) is 12.5. The van der Waals surface area contributed by atoms with E-state index in [-0.39, 0.29) is 18.4 Å². The van der Waals surface area contributed by atoms with Gasteiger partial charge in [0.2, 0.25) is 0 Å². The predicted octanol–water partition coefficient (Wildman–Crippen LogP) is 5.82. The third kappa shape index (κ3) is 5.42. The van der Waals surface area contributed by atoms with Crippen molar-refractivity contribution in [3.05, 3.63) is 95.2 Å². The van der Waals surface area contributed by atoms with Crippen molar-refractivity contribution in [2.75, 3.05) is 0 Å². The molecule has 3 aromatic carbocycles. The molecule has 1 heterocycles. The number of hydrogen-bond donors (Lipinski definition) is 2. The monoisotopic (exact) mass is 438 g/mol. The smallest absolute Gasteiger partial charge is 0.304 e. The number of H-pyrrole nitrogens is 1. The van der Waals surface area contributed by atoms with Crippen LogP contribution in [-0.2, 0) is 11.2 Å². The van der Waals surface area contributed by atoms with Gasteiger partial charge in [-0.3, -0.25) is 9.89 Å². The van der Waals surface area contributed by atoms with Gasteiger partial charge >= 0.3 is 5.97 Å². The van der Waals surface area contributed by atoms with Gasteiger partial charge in [-0.05, 0) is 54.3 Å². The number of benzene rings is 3. The first-order valence-corrected chi connectivity index (χ1v) is 10.9. The van der Waals surface area contributed by atoms with Gasteiger partial charge in [0.1, 0.15) is 11.9 Å². The van der Waals surface area contributed by atoms with Crippen molar-refractivity contribution in [2.24, 2.45) is 0 Å². The fraction of sp³-hybridized carbons (Fsp3) is 0.214. The minimum absolute atomic E-state index is 0.0261. The van der Waals surface area contributed by atoms with Crippen LogP contribution in [0, 0.1) is 18.8 Å². The molecule has 2 unspecified atom stereocenters. The van der Waals surface area contributed by atoms with Gasteiger partial charge in [-0.2, -0.15) is 5.10 Å². The van der Waals surface area contributed by atoms with Gasteiger partial charge in [0, 0.05) is 11.8 Å². The Labute approximate surface area is 193 Å². The summed E-state index contributed by atoms with van der Waals surface area (Å²) in [4.78, 5) is 11.2. The molecule has 0 spiro atoms. The largest absolute Gasteiger partial charge is 0.485 e. The lowest BCUT2D eigenvalue weighted by molar-refractivity contribution is -0.137. The number of nitrogens with one attached hydrogen (secondary N) is 1. The van der Waals surface area contributed by atoms with E-state index in [0.717, 1.165) is 33.3 Å². The summed E-state index contributed by atoms with van der Waals surface area (Å²) in [5, 5.41) is 17.5. The average molecular weight is 439 g/mol. The van der Waals surface area contributed by atoms with Crippen LogP contribution in [0.5, 0.6) is 5.75 Å². The number of carbonyl (C=O) groups is 1. The van der Waals surface area contributed by atoms with Gasteiger partial charge in [-0.15, -0.1) is 5.92 Å². The molecule has 0 saturated carbocycles. The molecule has 0 aliphatic heterocycles. The molecule has 1 aromatic heterocycles. The minimum atomic E-state index is -0.865. The number of aliphatic carboxylic acids is 1. The number of aromatic amines is 1. The quantitative estimate of drug-likeness (QED) is 0.340. The molecule has 0 aliphatic carbocycles. The first kappa shape index (κ1) is 22.2. The zero-order valence-corrected chi connectivity index (χ0v) is 18.7. The van der Waals surface area contributed by atoms with Crippen LogP contribution in [0.1, 0.15) is 47.6 Å². The molecule has 166 valence electrons. The van der Waals surface area contributed by atoms with Crippen molar-refractivity contribution in [2.45, 2.75) is 38.7 Å². The average Bonchev–Trinajstić information content (AvgIpc) is 3.29. The van der Waals surface area contributed by atoms with Gasteiger partial charge < -0.3 is 9.84 Å². The highest BCUT2D eigenvalue weighted by molar-refractivity contribution is 5.82. The number of rotatable bonds is 8. The Morgan fingerprint density at radius 2 is 1.85 bits per heavy atom. The number of carboxylic acid groups (broad SMARTS) is 1. The first-order valence-electron chi connectivity index (χ1n) is 10.9. The molecule has 0 aliphatic rings. The molecule has 0 amide bonds. The van der Waals surface area contributed by atoms with Crippen LogP contribution in [0.25, 0.3) is 10.9 Å². The van der Waals surface area contributed by atoms with Crippen LogP contribution >= 0.6 is 0 Å². The zero-order valence-electron chi connectivity index (χ0n) is 18.7. The summed E-state index contributed by atoms with van der Waals surface area (Å²) in [6, 6.07) is 22.1. The maximum atomic E-state index is 11.2. The van der Waals surface area contributed by atoms with Crippen LogP contribution in [0.15, 0.2) is 72.9 Å². The number of hydrogen-bond acceptors (Lipinski definition) is 3. The molecule has 5 nitrogen and oxygen atoms in total. The Morgan fingerprint density at radius 1 is 1.09 bits per heavy atom. The van der Waals surface area contributed by atoms with Gasteiger partial charge in [-0.1, -0.05) is 54.5 Å². The second-order valence-corrected chi connectivity index (χ2v) is 8.08. The van der Waals surface area contributed by atoms with E-state index in [1.54, 1.807) is 6.92 Å². The number of ether oxygens (including phenoxy) is 1. The Morgan fingerprint density at radius 3 is 2.55 bits per heavy atom. The SMILES string of the molecule is CC#CC(CC(=O)O)c1ccc(OC(Cc2ccccc2)c2cc(C)c3[nH]ncc3c2)cc1. The standard InChI is InChI=1S/C28H26N2O3/c1-3-7-22(17-27(31)32)21-10-12-25(13-11-21)33-26(15-20-8-5-4-6-9-20)23-14-19(2)28-24(16-23)18-29-30-28/h4-6,8-14,16,18,22,26H,15,17H2,1-2H3,(H,29,30)(H,31,32). The van der Waals surface area contributed by atoms with E-state index in [1.807, 2.05) is 48.7 Å². The number of aromatic nitrogens is 2.